The highest BCUT2D eigenvalue weighted by molar-refractivity contribution is 6.45. The number of rotatable bonds is 4. The number of halogens is 1. The summed E-state index contributed by atoms with van der Waals surface area (Å²) in [6.07, 6.45) is 0. The van der Waals surface area contributed by atoms with Gasteiger partial charge in [0.1, 0.15) is 11.5 Å². The SMILES string of the molecule is CN1CCN(C2=C(c3ccc([N+](=O)[O-])cc3)C(=O)N(c3cccc(F)c3)C2=O)CC1. The number of hydrogen-bond acceptors (Lipinski definition) is 6. The van der Waals surface area contributed by atoms with Crippen molar-refractivity contribution in [3.8, 4) is 0 Å². The molecule has 0 spiro atoms. The molecule has 2 heterocycles. The molecular weight excluding hydrogens is 391 g/mol. The molecule has 0 unspecified atom stereocenters. The van der Waals surface area contributed by atoms with E-state index in [1.165, 1.54) is 42.5 Å². The van der Waals surface area contributed by atoms with E-state index in [0.29, 0.717) is 18.7 Å². The molecule has 1 saturated heterocycles. The molecule has 0 radical (unpaired) electrons. The number of nitrogens with zero attached hydrogens (tertiary/aromatic N) is 4. The van der Waals surface area contributed by atoms with Gasteiger partial charge in [-0.3, -0.25) is 19.7 Å². The first-order valence-corrected chi connectivity index (χ1v) is 9.44. The Balaban J connectivity index is 1.80. The van der Waals surface area contributed by atoms with Crippen LogP contribution in [-0.2, 0) is 9.59 Å². The number of hydrogen-bond donors (Lipinski definition) is 0. The molecule has 2 aliphatic rings. The Hall–Kier alpha value is -3.59. The summed E-state index contributed by atoms with van der Waals surface area (Å²) in [4.78, 5) is 42.0. The van der Waals surface area contributed by atoms with E-state index >= 15 is 0 Å². The maximum Gasteiger partial charge on any atom is 0.282 e. The van der Waals surface area contributed by atoms with Crippen molar-refractivity contribution in [1.29, 1.82) is 0 Å². The van der Waals surface area contributed by atoms with Crippen LogP contribution in [0.2, 0.25) is 0 Å². The molecule has 2 aromatic rings. The van der Waals surface area contributed by atoms with Crippen LogP contribution in [0.3, 0.4) is 0 Å². The van der Waals surface area contributed by atoms with E-state index in [9.17, 15) is 24.1 Å². The first-order chi connectivity index (χ1) is 14.4. The number of amides is 2. The van der Waals surface area contributed by atoms with E-state index in [1.54, 1.807) is 0 Å². The molecule has 30 heavy (non-hydrogen) atoms. The average Bonchev–Trinajstić information content (AvgIpc) is 2.99. The van der Waals surface area contributed by atoms with Gasteiger partial charge >= 0.3 is 0 Å². The van der Waals surface area contributed by atoms with Crippen molar-refractivity contribution >= 4 is 28.8 Å². The van der Waals surface area contributed by atoms with Crippen LogP contribution >= 0.6 is 0 Å². The summed E-state index contributed by atoms with van der Waals surface area (Å²) in [5, 5.41) is 11.0. The van der Waals surface area contributed by atoms with E-state index in [4.69, 9.17) is 0 Å². The summed E-state index contributed by atoms with van der Waals surface area (Å²) < 4.78 is 13.8. The summed E-state index contributed by atoms with van der Waals surface area (Å²) in [6, 6.07) is 10.8. The van der Waals surface area contributed by atoms with Gasteiger partial charge < -0.3 is 9.80 Å². The second-order valence-electron chi connectivity index (χ2n) is 7.24. The van der Waals surface area contributed by atoms with Gasteiger partial charge in [0.15, 0.2) is 0 Å². The van der Waals surface area contributed by atoms with Crippen molar-refractivity contribution in [3.63, 3.8) is 0 Å². The standard InChI is InChI=1S/C21H19FN4O4/c1-23-9-11-24(12-10-23)19-18(14-5-7-16(8-6-14)26(29)30)20(27)25(21(19)28)17-4-2-3-15(22)13-17/h2-8,13H,9-12H2,1H3. The molecule has 2 aliphatic heterocycles. The first-order valence-electron chi connectivity index (χ1n) is 9.44. The molecule has 9 heteroatoms. The van der Waals surface area contributed by atoms with E-state index in [0.717, 1.165) is 24.1 Å². The number of imide groups is 1. The second kappa shape index (κ2) is 7.68. The summed E-state index contributed by atoms with van der Waals surface area (Å²) in [6.45, 7) is 2.55. The average molecular weight is 410 g/mol. The van der Waals surface area contributed by atoms with Gasteiger partial charge in [0.2, 0.25) is 0 Å². The molecule has 0 aromatic heterocycles. The van der Waals surface area contributed by atoms with Crippen molar-refractivity contribution < 1.29 is 18.9 Å². The van der Waals surface area contributed by atoms with E-state index in [2.05, 4.69) is 4.90 Å². The Kier molecular flexibility index (Phi) is 5.04. The minimum absolute atomic E-state index is 0.112. The lowest BCUT2D eigenvalue weighted by Crippen LogP contribution is -2.46. The largest absolute Gasteiger partial charge is 0.364 e. The lowest BCUT2D eigenvalue weighted by molar-refractivity contribution is -0.384. The topological polar surface area (TPSA) is 87.0 Å². The van der Waals surface area contributed by atoms with Gasteiger partial charge in [-0.25, -0.2) is 9.29 Å². The highest BCUT2D eigenvalue weighted by Gasteiger charge is 2.43. The minimum atomic E-state index is -0.576. The molecule has 0 atom stereocenters. The van der Waals surface area contributed by atoms with Gasteiger partial charge in [0, 0.05) is 38.3 Å². The number of non-ortho nitro benzene ring substituents is 1. The fourth-order valence-corrected chi connectivity index (χ4v) is 3.70. The van der Waals surface area contributed by atoms with Crippen LogP contribution in [0.1, 0.15) is 5.56 Å². The third-order valence-corrected chi connectivity index (χ3v) is 5.31. The van der Waals surface area contributed by atoms with Crippen molar-refractivity contribution in [2.75, 3.05) is 38.1 Å². The zero-order chi connectivity index (χ0) is 21.4. The Bertz CT molecular complexity index is 1060. The molecule has 8 nitrogen and oxygen atoms in total. The number of likely N-dealkylation sites (N-methyl/N-ethyl adjacent to an activating group) is 1. The van der Waals surface area contributed by atoms with Crippen LogP contribution < -0.4 is 4.90 Å². The van der Waals surface area contributed by atoms with E-state index in [1.807, 2.05) is 11.9 Å². The molecule has 0 saturated carbocycles. The summed E-state index contributed by atoms with van der Waals surface area (Å²) in [5.41, 5.74) is 0.856. The summed E-state index contributed by atoms with van der Waals surface area (Å²) >= 11 is 0. The van der Waals surface area contributed by atoms with Gasteiger partial charge in [-0.2, -0.15) is 0 Å². The Morgan fingerprint density at radius 3 is 2.23 bits per heavy atom. The molecule has 154 valence electrons. The lowest BCUT2D eigenvalue weighted by Gasteiger charge is -2.34. The number of carbonyl (C=O) groups excluding carboxylic acids is 2. The highest BCUT2D eigenvalue weighted by Crippen LogP contribution is 2.35. The highest BCUT2D eigenvalue weighted by atomic mass is 19.1. The van der Waals surface area contributed by atoms with Crippen LogP contribution in [0.15, 0.2) is 54.2 Å². The molecule has 2 amide bonds. The van der Waals surface area contributed by atoms with E-state index < -0.39 is 22.6 Å². The van der Waals surface area contributed by atoms with Crippen LogP contribution in [0.25, 0.3) is 5.57 Å². The van der Waals surface area contributed by atoms with Gasteiger partial charge in [-0.15, -0.1) is 0 Å². The van der Waals surface area contributed by atoms with Gasteiger partial charge in [-0.1, -0.05) is 6.07 Å². The molecule has 0 N–H and O–H groups in total. The molecule has 2 aromatic carbocycles. The summed E-state index contributed by atoms with van der Waals surface area (Å²) in [5.74, 6) is -1.66. The molecular formula is C21H19FN4O4. The predicted molar refractivity (Wildman–Crippen MR) is 108 cm³/mol. The second-order valence-corrected chi connectivity index (χ2v) is 7.24. The molecule has 0 bridgehead atoms. The van der Waals surface area contributed by atoms with Crippen LogP contribution in [-0.4, -0.2) is 59.8 Å². The van der Waals surface area contributed by atoms with Crippen molar-refractivity contribution in [2.45, 2.75) is 0 Å². The van der Waals surface area contributed by atoms with Gasteiger partial charge in [0.05, 0.1) is 16.2 Å². The fraction of sp³-hybridized carbons (Fsp3) is 0.238. The van der Waals surface area contributed by atoms with Crippen LogP contribution in [0.5, 0.6) is 0 Å². The molecule has 1 fully saturated rings. The number of nitro benzene ring substituents is 1. The number of piperazine rings is 1. The fourth-order valence-electron chi connectivity index (χ4n) is 3.70. The monoisotopic (exact) mass is 410 g/mol. The minimum Gasteiger partial charge on any atom is -0.364 e. The van der Waals surface area contributed by atoms with Crippen molar-refractivity contribution in [2.24, 2.45) is 0 Å². The first kappa shape index (κ1) is 19.7. The maximum atomic E-state index is 13.8. The quantitative estimate of drug-likeness (QED) is 0.437. The lowest BCUT2D eigenvalue weighted by atomic mass is 10.0. The zero-order valence-corrected chi connectivity index (χ0v) is 16.2. The van der Waals surface area contributed by atoms with E-state index in [-0.39, 0.29) is 22.6 Å². The Morgan fingerprint density at radius 1 is 0.967 bits per heavy atom. The molecule has 4 rings (SSSR count). The van der Waals surface area contributed by atoms with Crippen molar-refractivity contribution in [1.82, 2.24) is 9.80 Å². The predicted octanol–water partition coefficient (Wildman–Crippen LogP) is 2.27. The third-order valence-electron chi connectivity index (χ3n) is 5.31. The normalized spacial score (nSPS) is 17.8. The van der Waals surface area contributed by atoms with Crippen LogP contribution in [0.4, 0.5) is 15.8 Å². The Labute approximate surface area is 171 Å². The smallest absolute Gasteiger partial charge is 0.282 e. The number of benzene rings is 2. The zero-order valence-electron chi connectivity index (χ0n) is 16.2. The van der Waals surface area contributed by atoms with Crippen molar-refractivity contribution in [3.05, 3.63) is 75.7 Å². The third kappa shape index (κ3) is 3.43. The summed E-state index contributed by atoms with van der Waals surface area (Å²) in [7, 11) is 1.98. The molecule has 0 aliphatic carbocycles. The van der Waals surface area contributed by atoms with Gasteiger partial charge in [-0.05, 0) is 42.9 Å². The van der Waals surface area contributed by atoms with Crippen LogP contribution in [0, 0.1) is 15.9 Å². The number of carbonyl (C=O) groups is 2. The Morgan fingerprint density at radius 2 is 1.63 bits per heavy atom. The van der Waals surface area contributed by atoms with Gasteiger partial charge in [0.25, 0.3) is 17.5 Å². The number of nitro groups is 1. The maximum absolute atomic E-state index is 13.8. The number of anilines is 1.